The average Bonchev–Trinajstić information content (AvgIpc) is 3.43. The Balaban J connectivity index is 0.000000547. The molecule has 1 saturated carbocycles. The number of fused-ring (bicyclic) bond motifs is 1. The molecule has 3 aromatic heterocycles. The van der Waals surface area contributed by atoms with Crippen molar-refractivity contribution in [3.8, 4) is 17.2 Å². The standard InChI is InChI=1S/C17H14N6O.C3H6/c1-11-19-8-14(9-20-11)13-6-16-15(2-4-21-23(16)10-13)22-5-3-12(7-18)17(22)24;1-2-3-1/h2,4,6,8-10,12H,3,5H2,1H3;1-3H2. The lowest BCUT2D eigenvalue weighted by Gasteiger charge is -2.16. The van der Waals surface area contributed by atoms with Crippen LogP contribution in [0.2, 0.25) is 0 Å². The molecule has 0 bridgehead atoms. The van der Waals surface area contributed by atoms with E-state index in [1.165, 1.54) is 19.3 Å². The maximum Gasteiger partial charge on any atom is 0.244 e. The summed E-state index contributed by atoms with van der Waals surface area (Å²) in [5.41, 5.74) is 3.41. The van der Waals surface area contributed by atoms with Crippen LogP contribution >= 0.6 is 0 Å². The summed E-state index contributed by atoms with van der Waals surface area (Å²) in [5, 5.41) is 13.4. The fraction of sp³-hybridized carbons (Fsp3) is 0.350. The highest BCUT2D eigenvalue weighted by Crippen LogP contribution is 2.31. The van der Waals surface area contributed by atoms with Gasteiger partial charge in [-0.05, 0) is 25.5 Å². The van der Waals surface area contributed by atoms with E-state index in [-0.39, 0.29) is 5.91 Å². The second-order valence-electron chi connectivity index (χ2n) is 6.81. The highest BCUT2D eigenvalue weighted by atomic mass is 16.2. The second kappa shape index (κ2) is 7.16. The van der Waals surface area contributed by atoms with Crippen molar-refractivity contribution >= 4 is 17.1 Å². The van der Waals surface area contributed by atoms with E-state index in [4.69, 9.17) is 5.26 Å². The van der Waals surface area contributed by atoms with Crippen molar-refractivity contribution in [1.82, 2.24) is 19.6 Å². The molecule has 0 aromatic carbocycles. The third kappa shape index (κ3) is 3.51. The number of nitrogens with zero attached hydrogens (tertiary/aromatic N) is 6. The Labute approximate surface area is 157 Å². The van der Waals surface area contributed by atoms with Gasteiger partial charge in [0.2, 0.25) is 5.91 Å². The molecule has 5 rings (SSSR count). The number of anilines is 1. The van der Waals surface area contributed by atoms with Gasteiger partial charge in [-0.2, -0.15) is 10.4 Å². The summed E-state index contributed by atoms with van der Waals surface area (Å²) in [5.74, 6) is 0.0108. The number of hydrogen-bond donors (Lipinski definition) is 0. The maximum absolute atomic E-state index is 12.3. The number of aryl methyl sites for hydroxylation is 1. The Hall–Kier alpha value is -3.27. The molecule has 0 N–H and O–H groups in total. The van der Waals surface area contributed by atoms with Crippen LogP contribution in [-0.4, -0.2) is 32.0 Å². The minimum absolute atomic E-state index is 0.146. The van der Waals surface area contributed by atoms with Crippen LogP contribution in [0.4, 0.5) is 5.69 Å². The highest BCUT2D eigenvalue weighted by molar-refractivity contribution is 6.02. The lowest BCUT2D eigenvalue weighted by molar-refractivity contribution is -0.118. The summed E-state index contributed by atoms with van der Waals surface area (Å²) >= 11 is 0. The Morgan fingerprint density at radius 1 is 1.19 bits per heavy atom. The Kier molecular flexibility index (Phi) is 4.55. The van der Waals surface area contributed by atoms with Crippen molar-refractivity contribution in [2.75, 3.05) is 11.4 Å². The SMILES string of the molecule is C1CC1.Cc1ncc(-c2cc3c(N4CCC(C#N)C4=O)ccnn3c2)cn1. The Morgan fingerprint density at radius 3 is 2.56 bits per heavy atom. The van der Waals surface area contributed by atoms with Crippen molar-refractivity contribution in [2.45, 2.75) is 32.6 Å². The van der Waals surface area contributed by atoms with E-state index in [9.17, 15) is 4.79 Å². The third-order valence-electron chi connectivity index (χ3n) is 4.61. The van der Waals surface area contributed by atoms with Gasteiger partial charge in [0, 0.05) is 42.5 Å². The molecular weight excluding hydrogens is 340 g/mol. The van der Waals surface area contributed by atoms with Crippen LogP contribution in [0.3, 0.4) is 0 Å². The molecule has 136 valence electrons. The monoisotopic (exact) mass is 360 g/mol. The summed E-state index contributed by atoms with van der Waals surface area (Å²) in [6.07, 6.45) is 12.1. The van der Waals surface area contributed by atoms with Crippen LogP contribution in [0.1, 0.15) is 31.5 Å². The van der Waals surface area contributed by atoms with Gasteiger partial charge in [0.15, 0.2) is 0 Å². The fourth-order valence-corrected chi connectivity index (χ4v) is 2.97. The number of aromatic nitrogens is 4. The predicted molar refractivity (Wildman–Crippen MR) is 101 cm³/mol. The zero-order valence-corrected chi connectivity index (χ0v) is 15.2. The van der Waals surface area contributed by atoms with Gasteiger partial charge >= 0.3 is 0 Å². The van der Waals surface area contributed by atoms with Crippen LogP contribution in [0.25, 0.3) is 16.6 Å². The number of amides is 1. The molecule has 1 unspecified atom stereocenters. The molecular formula is C20H20N6O. The van der Waals surface area contributed by atoms with E-state index in [1.807, 2.05) is 25.3 Å². The van der Waals surface area contributed by atoms with Crippen LogP contribution in [0.15, 0.2) is 36.9 Å². The smallest absolute Gasteiger partial charge is 0.244 e. The van der Waals surface area contributed by atoms with Gasteiger partial charge in [-0.15, -0.1) is 0 Å². The molecule has 3 aromatic rings. The molecule has 1 saturated heterocycles. The van der Waals surface area contributed by atoms with Gasteiger partial charge in [0.25, 0.3) is 0 Å². The minimum Gasteiger partial charge on any atom is -0.309 e. The van der Waals surface area contributed by atoms with Gasteiger partial charge in [0.1, 0.15) is 11.7 Å². The highest BCUT2D eigenvalue weighted by Gasteiger charge is 2.33. The second-order valence-corrected chi connectivity index (χ2v) is 6.81. The molecule has 0 spiro atoms. The maximum atomic E-state index is 12.3. The van der Waals surface area contributed by atoms with Crippen LogP contribution < -0.4 is 4.90 Å². The number of carbonyl (C=O) groups is 1. The van der Waals surface area contributed by atoms with E-state index < -0.39 is 5.92 Å². The van der Waals surface area contributed by atoms with Crippen LogP contribution in [0.5, 0.6) is 0 Å². The zero-order valence-electron chi connectivity index (χ0n) is 15.2. The van der Waals surface area contributed by atoms with E-state index in [0.29, 0.717) is 18.8 Å². The topological polar surface area (TPSA) is 87.2 Å². The summed E-state index contributed by atoms with van der Waals surface area (Å²) < 4.78 is 1.73. The normalized spacial score (nSPS) is 18.1. The molecule has 1 aliphatic heterocycles. The number of carbonyl (C=O) groups excluding carboxylic acids is 1. The lowest BCUT2D eigenvalue weighted by atomic mass is 10.1. The first kappa shape index (κ1) is 17.2. The first-order valence-corrected chi connectivity index (χ1v) is 9.15. The fourth-order valence-electron chi connectivity index (χ4n) is 2.97. The Morgan fingerprint density at radius 2 is 1.93 bits per heavy atom. The number of nitriles is 1. The predicted octanol–water partition coefficient (Wildman–Crippen LogP) is 3.15. The number of rotatable bonds is 2. The van der Waals surface area contributed by atoms with Crippen molar-refractivity contribution in [3.63, 3.8) is 0 Å². The van der Waals surface area contributed by atoms with E-state index in [0.717, 1.165) is 22.3 Å². The van der Waals surface area contributed by atoms with Crippen molar-refractivity contribution in [1.29, 1.82) is 5.26 Å². The molecule has 1 aliphatic carbocycles. The summed E-state index contributed by atoms with van der Waals surface area (Å²) in [7, 11) is 0. The molecule has 27 heavy (non-hydrogen) atoms. The molecule has 7 nitrogen and oxygen atoms in total. The zero-order chi connectivity index (χ0) is 18.8. The molecule has 1 amide bonds. The summed E-state index contributed by atoms with van der Waals surface area (Å²) in [4.78, 5) is 22.5. The quantitative estimate of drug-likeness (QED) is 0.700. The lowest BCUT2D eigenvalue weighted by Crippen LogP contribution is -2.27. The molecule has 4 heterocycles. The van der Waals surface area contributed by atoms with E-state index in [2.05, 4.69) is 21.1 Å². The largest absolute Gasteiger partial charge is 0.309 e. The van der Waals surface area contributed by atoms with Gasteiger partial charge in [-0.25, -0.2) is 14.5 Å². The first-order chi connectivity index (χ1) is 13.2. The van der Waals surface area contributed by atoms with Crippen molar-refractivity contribution in [2.24, 2.45) is 5.92 Å². The van der Waals surface area contributed by atoms with Crippen LogP contribution in [0, 0.1) is 24.2 Å². The third-order valence-corrected chi connectivity index (χ3v) is 4.61. The molecule has 1 atom stereocenters. The van der Waals surface area contributed by atoms with Crippen molar-refractivity contribution < 1.29 is 4.79 Å². The van der Waals surface area contributed by atoms with Gasteiger partial charge < -0.3 is 4.90 Å². The molecule has 7 heteroatoms. The Bertz CT molecular complexity index is 1010. The van der Waals surface area contributed by atoms with E-state index >= 15 is 0 Å². The van der Waals surface area contributed by atoms with Gasteiger partial charge in [-0.1, -0.05) is 19.3 Å². The van der Waals surface area contributed by atoms with Crippen LogP contribution in [-0.2, 0) is 4.79 Å². The molecule has 0 radical (unpaired) electrons. The first-order valence-electron chi connectivity index (χ1n) is 9.15. The number of hydrogen-bond acceptors (Lipinski definition) is 5. The summed E-state index contributed by atoms with van der Waals surface area (Å²) in [6, 6.07) is 5.84. The van der Waals surface area contributed by atoms with E-state index in [1.54, 1.807) is 28.0 Å². The molecule has 2 fully saturated rings. The summed E-state index contributed by atoms with van der Waals surface area (Å²) in [6.45, 7) is 2.38. The molecule has 2 aliphatic rings. The van der Waals surface area contributed by atoms with Crippen molar-refractivity contribution in [3.05, 3.63) is 42.7 Å². The van der Waals surface area contributed by atoms with Gasteiger partial charge in [0.05, 0.1) is 17.3 Å². The van der Waals surface area contributed by atoms with Gasteiger partial charge in [-0.3, -0.25) is 4.79 Å². The minimum atomic E-state index is -0.557. The average molecular weight is 360 g/mol.